The minimum atomic E-state index is -0.933. The van der Waals surface area contributed by atoms with Crippen molar-refractivity contribution in [3.63, 3.8) is 0 Å². The van der Waals surface area contributed by atoms with E-state index in [1.54, 1.807) is 6.92 Å². The Morgan fingerprint density at radius 2 is 1.94 bits per heavy atom. The number of carboxylic acid groups (broad SMARTS) is 1. The number of esters is 1. The lowest BCUT2D eigenvalue weighted by Gasteiger charge is -2.03. The van der Waals surface area contributed by atoms with Gasteiger partial charge < -0.3 is 21.3 Å². The molecule has 16 heavy (non-hydrogen) atoms. The first-order valence-corrected chi connectivity index (χ1v) is 5.27. The summed E-state index contributed by atoms with van der Waals surface area (Å²) < 4.78 is 4.40. The number of unbranched alkanes of at least 4 members (excludes halogenated alkanes) is 1. The molecule has 6 nitrogen and oxygen atoms in total. The number of aliphatic carboxylic acids is 1. The van der Waals surface area contributed by atoms with Crippen molar-refractivity contribution < 1.29 is 19.4 Å². The largest absolute Gasteiger partial charge is 0.480 e. The van der Waals surface area contributed by atoms with E-state index in [0.717, 1.165) is 12.8 Å². The molecule has 0 aliphatic heterocycles. The Morgan fingerprint density at radius 3 is 2.19 bits per heavy atom. The predicted molar refractivity (Wildman–Crippen MR) is 60.8 cm³/mol. The van der Waals surface area contributed by atoms with Crippen LogP contribution in [0.3, 0.4) is 0 Å². The molecule has 0 saturated carbocycles. The van der Waals surface area contributed by atoms with Crippen molar-refractivity contribution in [3.8, 4) is 0 Å². The minimum absolute atomic E-state index is 0.211. The predicted octanol–water partition coefficient (Wildman–Crippen LogP) is 0.0967. The highest BCUT2D eigenvalue weighted by atomic mass is 16.5. The van der Waals surface area contributed by atoms with Crippen LogP contribution in [-0.2, 0) is 14.3 Å². The quantitative estimate of drug-likeness (QED) is 0.443. The molecule has 1 atom stereocenters. The lowest BCUT2D eigenvalue weighted by atomic mass is 10.1. The van der Waals surface area contributed by atoms with Crippen molar-refractivity contribution in [1.29, 1.82) is 0 Å². The van der Waals surface area contributed by atoms with Crippen molar-refractivity contribution in [2.45, 2.75) is 39.2 Å². The van der Waals surface area contributed by atoms with Gasteiger partial charge in [0.1, 0.15) is 6.04 Å². The van der Waals surface area contributed by atoms with Gasteiger partial charge in [0.2, 0.25) is 0 Å². The fourth-order valence-corrected chi connectivity index (χ4v) is 0.835. The number of rotatable bonds is 6. The lowest BCUT2D eigenvalue weighted by molar-refractivity contribution is -0.140. The van der Waals surface area contributed by atoms with Gasteiger partial charge in [0.15, 0.2) is 0 Å². The molecule has 0 spiro atoms. The average molecular weight is 234 g/mol. The molecule has 0 aliphatic carbocycles. The van der Waals surface area contributed by atoms with E-state index in [2.05, 4.69) is 4.74 Å². The van der Waals surface area contributed by atoms with Crippen molar-refractivity contribution in [1.82, 2.24) is 0 Å². The van der Waals surface area contributed by atoms with E-state index in [1.807, 2.05) is 0 Å². The summed E-state index contributed by atoms with van der Waals surface area (Å²) in [5.74, 6) is -1.14. The number of hydrogen-bond acceptors (Lipinski definition) is 5. The molecule has 0 bridgehead atoms. The highest BCUT2D eigenvalue weighted by Gasteiger charge is 2.09. The molecule has 0 radical (unpaired) electrons. The summed E-state index contributed by atoms with van der Waals surface area (Å²) >= 11 is 0. The number of carbonyl (C=O) groups excluding carboxylic acids is 1. The first kappa shape index (κ1) is 17.3. The molecule has 0 rings (SSSR count). The second-order valence-corrected chi connectivity index (χ2v) is 3.15. The molecule has 0 heterocycles. The molecule has 5 N–H and O–H groups in total. The maximum Gasteiger partial charge on any atom is 0.320 e. The Labute approximate surface area is 95.9 Å². The summed E-state index contributed by atoms with van der Waals surface area (Å²) in [5.41, 5.74) is 10.4. The number of hydrogen-bond donors (Lipinski definition) is 3. The Balaban J connectivity index is 0. The second kappa shape index (κ2) is 11.9. The van der Waals surface area contributed by atoms with Crippen LogP contribution in [0.4, 0.5) is 0 Å². The smallest absolute Gasteiger partial charge is 0.320 e. The van der Waals surface area contributed by atoms with Crippen molar-refractivity contribution in [3.05, 3.63) is 0 Å². The zero-order valence-electron chi connectivity index (χ0n) is 9.94. The highest BCUT2D eigenvalue weighted by molar-refractivity contribution is 5.72. The van der Waals surface area contributed by atoms with E-state index in [9.17, 15) is 9.59 Å². The third kappa shape index (κ3) is 15.3. The maximum absolute atomic E-state index is 10.1. The molecule has 0 saturated heterocycles. The molecule has 0 aromatic heterocycles. The average Bonchev–Trinajstić information content (AvgIpc) is 2.18. The van der Waals surface area contributed by atoms with Crippen LogP contribution in [0.25, 0.3) is 0 Å². The van der Waals surface area contributed by atoms with E-state index < -0.39 is 12.0 Å². The molecule has 0 aromatic carbocycles. The molecule has 0 unspecified atom stereocenters. The Bertz CT molecular complexity index is 197. The fraction of sp³-hybridized carbons (Fsp3) is 0.800. The molecular weight excluding hydrogens is 212 g/mol. The summed E-state index contributed by atoms with van der Waals surface area (Å²) in [6, 6.07) is -0.716. The lowest BCUT2D eigenvalue weighted by Crippen LogP contribution is -2.29. The Hall–Kier alpha value is -1.14. The Morgan fingerprint density at radius 1 is 1.38 bits per heavy atom. The summed E-state index contributed by atoms with van der Waals surface area (Å²) in [7, 11) is 0. The van der Waals surface area contributed by atoms with Crippen LogP contribution >= 0.6 is 0 Å². The maximum atomic E-state index is 10.1. The molecule has 0 aromatic rings. The first-order valence-electron chi connectivity index (χ1n) is 5.27. The molecule has 0 amide bonds. The van der Waals surface area contributed by atoms with E-state index in [-0.39, 0.29) is 5.97 Å². The molecule has 0 fully saturated rings. The van der Waals surface area contributed by atoms with Gasteiger partial charge in [0.05, 0.1) is 6.61 Å². The third-order valence-electron chi connectivity index (χ3n) is 1.63. The Kier molecular flexibility index (Phi) is 12.9. The van der Waals surface area contributed by atoms with Crippen molar-refractivity contribution >= 4 is 11.9 Å². The van der Waals surface area contributed by atoms with Gasteiger partial charge in [-0.25, -0.2) is 0 Å². The van der Waals surface area contributed by atoms with E-state index >= 15 is 0 Å². The number of nitrogens with two attached hydrogens (primary N) is 2. The van der Waals surface area contributed by atoms with Gasteiger partial charge in [-0.2, -0.15) is 0 Å². The van der Waals surface area contributed by atoms with E-state index in [0.29, 0.717) is 19.6 Å². The van der Waals surface area contributed by atoms with Crippen LogP contribution in [0.5, 0.6) is 0 Å². The minimum Gasteiger partial charge on any atom is -0.480 e. The first-order chi connectivity index (χ1) is 7.45. The molecular formula is C10H22N2O4. The zero-order valence-corrected chi connectivity index (χ0v) is 9.94. The summed E-state index contributed by atoms with van der Waals surface area (Å²) in [6.45, 7) is 4.26. The summed E-state index contributed by atoms with van der Waals surface area (Å²) in [5, 5.41) is 8.33. The van der Waals surface area contributed by atoms with Gasteiger partial charge in [-0.15, -0.1) is 0 Å². The van der Waals surface area contributed by atoms with Gasteiger partial charge in [-0.3, -0.25) is 9.59 Å². The standard InChI is InChI=1S/C6H14N2O2.C4H8O2/c7-4-2-1-3-5(8)6(9)10;1-3-6-4(2)5/h5H,1-4,7-8H2,(H,9,10);3H2,1-2H3/t5-;/m0./s1. The number of carboxylic acids is 1. The monoisotopic (exact) mass is 234 g/mol. The zero-order chi connectivity index (χ0) is 13.0. The van der Waals surface area contributed by atoms with Crippen LogP contribution < -0.4 is 11.5 Å². The number of ether oxygens (including phenoxy) is 1. The molecule has 6 heteroatoms. The van der Waals surface area contributed by atoms with Crippen LogP contribution in [0.2, 0.25) is 0 Å². The van der Waals surface area contributed by atoms with Gasteiger partial charge in [-0.05, 0) is 26.3 Å². The topological polar surface area (TPSA) is 116 Å². The van der Waals surface area contributed by atoms with Crippen molar-refractivity contribution in [2.75, 3.05) is 13.2 Å². The van der Waals surface area contributed by atoms with Gasteiger partial charge in [0.25, 0.3) is 0 Å². The van der Waals surface area contributed by atoms with Gasteiger partial charge in [-0.1, -0.05) is 6.42 Å². The van der Waals surface area contributed by atoms with E-state index in [1.165, 1.54) is 6.92 Å². The normalized spacial score (nSPS) is 11.0. The van der Waals surface area contributed by atoms with Gasteiger partial charge >= 0.3 is 11.9 Å². The summed E-state index contributed by atoms with van der Waals surface area (Å²) in [4.78, 5) is 20.0. The van der Waals surface area contributed by atoms with Crippen LogP contribution in [0.15, 0.2) is 0 Å². The van der Waals surface area contributed by atoms with Crippen LogP contribution in [0, 0.1) is 0 Å². The molecule has 96 valence electrons. The number of carbonyl (C=O) groups is 2. The van der Waals surface area contributed by atoms with Crippen molar-refractivity contribution in [2.24, 2.45) is 11.5 Å². The van der Waals surface area contributed by atoms with Crippen LogP contribution in [0.1, 0.15) is 33.1 Å². The third-order valence-corrected chi connectivity index (χ3v) is 1.63. The van der Waals surface area contributed by atoms with E-state index in [4.69, 9.17) is 16.6 Å². The fourth-order valence-electron chi connectivity index (χ4n) is 0.835. The SMILES string of the molecule is CCOC(C)=O.NCCCC[C@H](N)C(=O)O. The summed E-state index contributed by atoms with van der Waals surface area (Å²) in [6.07, 6.45) is 2.16. The molecule has 0 aliphatic rings. The van der Waals surface area contributed by atoms with Crippen LogP contribution in [-0.4, -0.2) is 36.2 Å². The second-order valence-electron chi connectivity index (χ2n) is 3.15. The van der Waals surface area contributed by atoms with Gasteiger partial charge in [0, 0.05) is 6.92 Å². The highest BCUT2D eigenvalue weighted by Crippen LogP contribution is 1.96.